The molecule has 124 valence electrons. The summed E-state index contributed by atoms with van der Waals surface area (Å²) in [6, 6.07) is 0. The van der Waals surface area contributed by atoms with Gasteiger partial charge in [0.05, 0.1) is 10.7 Å². The number of thiazole rings is 1. The summed E-state index contributed by atoms with van der Waals surface area (Å²) in [7, 11) is 0. The minimum Gasteiger partial charge on any atom is -0.357 e. The number of nitrogens with one attached hydrogen (secondary N) is 2. The van der Waals surface area contributed by atoms with Gasteiger partial charge in [-0.2, -0.15) is 0 Å². The zero-order valence-electron chi connectivity index (χ0n) is 14.2. The van der Waals surface area contributed by atoms with E-state index in [0.717, 1.165) is 48.9 Å². The van der Waals surface area contributed by atoms with Crippen molar-refractivity contribution in [2.24, 2.45) is 16.8 Å². The van der Waals surface area contributed by atoms with Crippen LogP contribution in [0.3, 0.4) is 0 Å². The van der Waals surface area contributed by atoms with Crippen molar-refractivity contribution in [3.8, 4) is 0 Å². The molecule has 1 fully saturated rings. The molecule has 2 atom stereocenters. The highest BCUT2D eigenvalue weighted by molar-refractivity contribution is 7.09. The second-order valence-electron chi connectivity index (χ2n) is 6.28. The third-order valence-corrected chi connectivity index (χ3v) is 5.28. The largest absolute Gasteiger partial charge is 0.357 e. The molecule has 4 nitrogen and oxygen atoms in total. The number of rotatable bonds is 6. The fourth-order valence-corrected chi connectivity index (χ4v) is 3.69. The van der Waals surface area contributed by atoms with Crippen LogP contribution in [-0.2, 0) is 6.42 Å². The maximum atomic E-state index is 4.80. The van der Waals surface area contributed by atoms with Gasteiger partial charge in [0.25, 0.3) is 0 Å². The van der Waals surface area contributed by atoms with Gasteiger partial charge in [-0.3, -0.25) is 4.99 Å². The van der Waals surface area contributed by atoms with Gasteiger partial charge in [-0.05, 0) is 32.1 Å². The van der Waals surface area contributed by atoms with Gasteiger partial charge in [-0.25, -0.2) is 4.98 Å². The summed E-state index contributed by atoms with van der Waals surface area (Å²) in [6.45, 7) is 9.29. The molecule has 1 aromatic heterocycles. The monoisotopic (exact) mass is 322 g/mol. The van der Waals surface area contributed by atoms with Crippen molar-refractivity contribution in [3.63, 3.8) is 0 Å². The Kier molecular flexibility index (Phi) is 7.16. The topological polar surface area (TPSA) is 49.3 Å². The van der Waals surface area contributed by atoms with Crippen LogP contribution in [0.2, 0.25) is 0 Å². The predicted molar refractivity (Wildman–Crippen MR) is 95.7 cm³/mol. The van der Waals surface area contributed by atoms with Crippen molar-refractivity contribution in [3.05, 3.63) is 16.1 Å². The summed E-state index contributed by atoms with van der Waals surface area (Å²) in [5.41, 5.74) is 1.17. The lowest BCUT2D eigenvalue weighted by Gasteiger charge is -2.27. The smallest absolute Gasteiger partial charge is 0.191 e. The molecule has 1 saturated carbocycles. The Morgan fingerprint density at radius 1 is 1.36 bits per heavy atom. The van der Waals surface area contributed by atoms with Crippen molar-refractivity contribution in [1.82, 2.24) is 15.6 Å². The van der Waals surface area contributed by atoms with Crippen LogP contribution in [0.25, 0.3) is 0 Å². The molecule has 1 aromatic rings. The molecule has 1 aliphatic carbocycles. The van der Waals surface area contributed by atoms with Crippen LogP contribution < -0.4 is 10.6 Å². The summed E-state index contributed by atoms with van der Waals surface area (Å²) in [5.74, 6) is 2.52. The minimum absolute atomic E-state index is 0.755. The van der Waals surface area contributed by atoms with Gasteiger partial charge in [0.15, 0.2) is 5.96 Å². The maximum absolute atomic E-state index is 4.80. The normalized spacial score (nSPS) is 22.6. The third kappa shape index (κ3) is 5.59. The van der Waals surface area contributed by atoms with Gasteiger partial charge in [-0.1, -0.05) is 26.2 Å². The average Bonchev–Trinajstić information content (AvgIpc) is 2.92. The number of guanidine groups is 1. The maximum Gasteiger partial charge on any atom is 0.191 e. The predicted octanol–water partition coefficient (Wildman–Crippen LogP) is 3.38. The minimum atomic E-state index is 0.755. The summed E-state index contributed by atoms with van der Waals surface area (Å²) in [5, 5.41) is 10.1. The highest BCUT2D eigenvalue weighted by Gasteiger charge is 2.20. The summed E-state index contributed by atoms with van der Waals surface area (Å²) >= 11 is 1.72. The lowest BCUT2D eigenvalue weighted by Crippen LogP contribution is -2.39. The number of aryl methyl sites for hydroxylation is 1. The number of hydrogen-bond acceptors (Lipinski definition) is 3. The highest BCUT2D eigenvalue weighted by atomic mass is 32.1. The first-order valence-corrected chi connectivity index (χ1v) is 9.50. The number of aromatic nitrogens is 1. The zero-order valence-corrected chi connectivity index (χ0v) is 15.0. The van der Waals surface area contributed by atoms with Crippen molar-refractivity contribution in [2.45, 2.75) is 52.9 Å². The molecule has 22 heavy (non-hydrogen) atoms. The molecule has 0 spiro atoms. The summed E-state index contributed by atoms with van der Waals surface area (Å²) in [6.07, 6.45) is 6.43. The Hall–Kier alpha value is -1.10. The van der Waals surface area contributed by atoms with E-state index in [0.29, 0.717) is 0 Å². The quantitative estimate of drug-likeness (QED) is 0.623. The van der Waals surface area contributed by atoms with E-state index in [1.807, 2.05) is 0 Å². The molecule has 0 aromatic carbocycles. The lowest BCUT2D eigenvalue weighted by atomic mass is 9.80. The molecule has 0 saturated heterocycles. The Bertz CT molecular complexity index is 469. The van der Waals surface area contributed by atoms with Crippen molar-refractivity contribution in [2.75, 3.05) is 19.6 Å². The fourth-order valence-electron chi connectivity index (χ4n) is 3.05. The molecule has 1 aliphatic rings. The molecule has 0 radical (unpaired) electrons. The molecule has 0 aliphatic heterocycles. The van der Waals surface area contributed by atoms with E-state index >= 15 is 0 Å². The molecule has 1 heterocycles. The van der Waals surface area contributed by atoms with Gasteiger partial charge in [0, 0.05) is 31.4 Å². The van der Waals surface area contributed by atoms with Crippen LogP contribution in [0.15, 0.2) is 10.4 Å². The van der Waals surface area contributed by atoms with E-state index in [9.17, 15) is 0 Å². The van der Waals surface area contributed by atoms with Crippen LogP contribution in [0.4, 0.5) is 0 Å². The number of nitrogens with zero attached hydrogens (tertiary/aromatic N) is 2. The fraction of sp³-hybridized carbons (Fsp3) is 0.765. The van der Waals surface area contributed by atoms with E-state index in [4.69, 9.17) is 4.99 Å². The van der Waals surface area contributed by atoms with Gasteiger partial charge >= 0.3 is 0 Å². The van der Waals surface area contributed by atoms with Crippen molar-refractivity contribution < 1.29 is 0 Å². The first-order chi connectivity index (χ1) is 10.7. The van der Waals surface area contributed by atoms with Crippen molar-refractivity contribution >= 4 is 17.3 Å². The third-order valence-electron chi connectivity index (χ3n) is 4.46. The zero-order chi connectivity index (χ0) is 15.8. The van der Waals surface area contributed by atoms with Gasteiger partial charge in [-0.15, -0.1) is 11.3 Å². The molecule has 0 amide bonds. The van der Waals surface area contributed by atoms with Gasteiger partial charge < -0.3 is 10.6 Å². The number of hydrogen-bond donors (Lipinski definition) is 2. The van der Waals surface area contributed by atoms with E-state index in [2.05, 4.69) is 41.8 Å². The molecular weight excluding hydrogens is 292 g/mol. The molecule has 2 N–H and O–H groups in total. The van der Waals surface area contributed by atoms with Crippen LogP contribution in [-0.4, -0.2) is 30.6 Å². The van der Waals surface area contributed by atoms with Gasteiger partial charge in [0.1, 0.15) is 0 Å². The second kappa shape index (κ2) is 9.13. The summed E-state index contributed by atoms with van der Waals surface area (Å²) < 4.78 is 0. The molecular formula is C17H30N4S. The highest BCUT2D eigenvalue weighted by Crippen LogP contribution is 2.29. The molecule has 0 bridgehead atoms. The Balaban J connectivity index is 1.78. The van der Waals surface area contributed by atoms with E-state index < -0.39 is 0 Å². The average molecular weight is 323 g/mol. The SMILES string of the molecule is CCNC(=NCC1CCCCC1C)NCCc1csc(C)n1. The van der Waals surface area contributed by atoms with Crippen LogP contribution >= 0.6 is 11.3 Å². The lowest BCUT2D eigenvalue weighted by molar-refractivity contribution is 0.263. The summed E-state index contributed by atoms with van der Waals surface area (Å²) in [4.78, 5) is 9.30. The second-order valence-corrected chi connectivity index (χ2v) is 7.34. The molecule has 5 heteroatoms. The Morgan fingerprint density at radius 3 is 2.86 bits per heavy atom. The number of aliphatic imine (C=N–C) groups is 1. The van der Waals surface area contributed by atoms with Crippen LogP contribution in [0.1, 0.15) is 50.2 Å². The first-order valence-electron chi connectivity index (χ1n) is 8.62. The van der Waals surface area contributed by atoms with Crippen LogP contribution in [0, 0.1) is 18.8 Å². The standard InChI is InChI=1S/C17H30N4S/c1-4-18-17(19-10-9-16-12-22-14(3)21-16)20-11-15-8-6-5-7-13(15)2/h12-13,15H,4-11H2,1-3H3,(H2,18,19,20). The first kappa shape index (κ1) is 17.3. The van der Waals surface area contributed by atoms with E-state index in [1.54, 1.807) is 11.3 Å². The van der Waals surface area contributed by atoms with Crippen molar-refractivity contribution in [1.29, 1.82) is 0 Å². The van der Waals surface area contributed by atoms with E-state index in [1.165, 1.54) is 31.4 Å². The Morgan fingerprint density at radius 2 is 2.18 bits per heavy atom. The van der Waals surface area contributed by atoms with E-state index in [-0.39, 0.29) is 0 Å². The molecule has 2 rings (SSSR count). The van der Waals surface area contributed by atoms with Gasteiger partial charge in [0.2, 0.25) is 0 Å². The van der Waals surface area contributed by atoms with Crippen LogP contribution in [0.5, 0.6) is 0 Å². The Labute approximate surface area is 138 Å². The molecule has 2 unspecified atom stereocenters.